The van der Waals surface area contributed by atoms with Gasteiger partial charge in [-0.05, 0) is 26.0 Å². The number of primary amides is 1. The van der Waals surface area contributed by atoms with Gasteiger partial charge in [-0.2, -0.15) is 0 Å². The largest absolute Gasteiger partial charge is 0.490 e. The minimum absolute atomic E-state index is 0.273. The van der Waals surface area contributed by atoms with Crippen LogP contribution in [0.3, 0.4) is 0 Å². The van der Waals surface area contributed by atoms with Gasteiger partial charge in [-0.15, -0.1) is 0 Å². The molecule has 0 aliphatic carbocycles. The zero-order chi connectivity index (χ0) is 14.3. The van der Waals surface area contributed by atoms with Crippen LogP contribution in [0.15, 0.2) is 18.2 Å². The molecule has 1 aromatic carbocycles. The second-order valence-corrected chi connectivity index (χ2v) is 3.92. The third kappa shape index (κ3) is 4.67. The van der Waals surface area contributed by atoms with Crippen molar-refractivity contribution in [1.82, 2.24) is 0 Å². The molecule has 0 aromatic heterocycles. The third-order valence-electron chi connectivity index (χ3n) is 2.43. The van der Waals surface area contributed by atoms with E-state index in [1.165, 1.54) is 0 Å². The van der Waals surface area contributed by atoms with Gasteiger partial charge >= 0.3 is 0 Å². The van der Waals surface area contributed by atoms with Crippen molar-refractivity contribution in [3.63, 3.8) is 0 Å². The van der Waals surface area contributed by atoms with E-state index in [2.05, 4.69) is 5.32 Å². The highest BCUT2D eigenvalue weighted by Gasteiger charge is 2.10. The van der Waals surface area contributed by atoms with Crippen LogP contribution in [-0.4, -0.2) is 31.7 Å². The SMILES string of the molecule is CCOc1ccc(NCC(N)C(N)=O)cc1OCC. The Morgan fingerprint density at radius 2 is 1.89 bits per heavy atom. The molecule has 0 aliphatic heterocycles. The summed E-state index contributed by atoms with van der Waals surface area (Å²) in [5, 5.41) is 3.03. The summed E-state index contributed by atoms with van der Waals surface area (Å²) >= 11 is 0. The molecule has 0 saturated heterocycles. The number of carbonyl (C=O) groups is 1. The quantitative estimate of drug-likeness (QED) is 0.644. The molecule has 1 atom stereocenters. The lowest BCUT2D eigenvalue weighted by Gasteiger charge is -2.14. The first kappa shape index (κ1) is 15.1. The van der Waals surface area contributed by atoms with Crippen molar-refractivity contribution in [2.75, 3.05) is 25.1 Å². The summed E-state index contributed by atoms with van der Waals surface area (Å²) in [5.74, 6) is 0.805. The van der Waals surface area contributed by atoms with Crippen molar-refractivity contribution in [3.05, 3.63) is 18.2 Å². The Morgan fingerprint density at radius 1 is 1.26 bits per heavy atom. The molecule has 106 valence electrons. The smallest absolute Gasteiger partial charge is 0.236 e. The van der Waals surface area contributed by atoms with Crippen molar-refractivity contribution < 1.29 is 14.3 Å². The Kier molecular flexibility index (Phi) is 5.95. The number of rotatable bonds is 8. The summed E-state index contributed by atoms with van der Waals surface area (Å²) in [4.78, 5) is 10.8. The van der Waals surface area contributed by atoms with Gasteiger partial charge in [0.1, 0.15) is 6.04 Å². The molecule has 0 aliphatic rings. The molecule has 1 rings (SSSR count). The van der Waals surface area contributed by atoms with Gasteiger partial charge in [-0.1, -0.05) is 0 Å². The summed E-state index contributed by atoms with van der Waals surface area (Å²) in [7, 11) is 0. The highest BCUT2D eigenvalue weighted by Crippen LogP contribution is 2.30. The average Bonchev–Trinajstić information content (AvgIpc) is 2.39. The zero-order valence-electron chi connectivity index (χ0n) is 11.3. The number of carbonyl (C=O) groups excluding carboxylic acids is 1. The maximum atomic E-state index is 10.8. The molecular weight excluding hydrogens is 246 g/mol. The highest BCUT2D eigenvalue weighted by atomic mass is 16.5. The highest BCUT2D eigenvalue weighted by molar-refractivity contribution is 5.80. The van der Waals surface area contributed by atoms with Gasteiger partial charge in [0.25, 0.3) is 0 Å². The number of benzene rings is 1. The van der Waals surface area contributed by atoms with E-state index in [-0.39, 0.29) is 6.54 Å². The lowest BCUT2D eigenvalue weighted by atomic mass is 10.2. The second kappa shape index (κ2) is 7.48. The Balaban J connectivity index is 2.74. The van der Waals surface area contributed by atoms with E-state index in [0.29, 0.717) is 24.7 Å². The number of hydrogen-bond acceptors (Lipinski definition) is 5. The number of nitrogens with two attached hydrogens (primary N) is 2. The molecule has 0 spiro atoms. The number of ether oxygens (including phenoxy) is 2. The van der Waals surface area contributed by atoms with E-state index in [1.807, 2.05) is 32.0 Å². The first-order valence-electron chi connectivity index (χ1n) is 6.26. The standard InChI is InChI=1S/C13H21N3O3/c1-3-18-11-6-5-9(7-12(11)19-4-2)16-8-10(14)13(15)17/h5-7,10,16H,3-4,8,14H2,1-2H3,(H2,15,17). The van der Waals surface area contributed by atoms with Gasteiger partial charge in [0.05, 0.1) is 13.2 Å². The zero-order valence-corrected chi connectivity index (χ0v) is 11.3. The Bertz CT molecular complexity index is 424. The molecule has 1 amide bonds. The van der Waals surface area contributed by atoms with Gasteiger partial charge in [0, 0.05) is 18.3 Å². The average molecular weight is 267 g/mol. The van der Waals surface area contributed by atoms with Crippen LogP contribution in [0.2, 0.25) is 0 Å². The molecule has 1 unspecified atom stereocenters. The van der Waals surface area contributed by atoms with Crippen LogP contribution in [0.25, 0.3) is 0 Å². The van der Waals surface area contributed by atoms with E-state index < -0.39 is 11.9 Å². The topological polar surface area (TPSA) is 99.6 Å². The lowest BCUT2D eigenvalue weighted by Crippen LogP contribution is -2.41. The fourth-order valence-corrected chi connectivity index (χ4v) is 1.49. The van der Waals surface area contributed by atoms with Crippen molar-refractivity contribution in [1.29, 1.82) is 0 Å². The van der Waals surface area contributed by atoms with Gasteiger partial charge in [-0.3, -0.25) is 4.79 Å². The molecule has 6 nitrogen and oxygen atoms in total. The van der Waals surface area contributed by atoms with Gasteiger partial charge in [-0.25, -0.2) is 0 Å². The van der Waals surface area contributed by atoms with Crippen LogP contribution in [0.1, 0.15) is 13.8 Å². The molecule has 0 radical (unpaired) electrons. The van der Waals surface area contributed by atoms with E-state index in [9.17, 15) is 4.79 Å². The predicted molar refractivity (Wildman–Crippen MR) is 74.4 cm³/mol. The summed E-state index contributed by atoms with van der Waals surface area (Å²) in [5.41, 5.74) is 11.4. The molecule has 6 heteroatoms. The molecule has 0 fully saturated rings. The van der Waals surface area contributed by atoms with Crippen molar-refractivity contribution in [2.45, 2.75) is 19.9 Å². The number of anilines is 1. The maximum absolute atomic E-state index is 10.8. The van der Waals surface area contributed by atoms with Crippen molar-refractivity contribution in [2.24, 2.45) is 11.5 Å². The fraction of sp³-hybridized carbons (Fsp3) is 0.462. The normalized spacial score (nSPS) is 11.7. The maximum Gasteiger partial charge on any atom is 0.236 e. The van der Waals surface area contributed by atoms with Crippen LogP contribution in [-0.2, 0) is 4.79 Å². The second-order valence-electron chi connectivity index (χ2n) is 3.92. The van der Waals surface area contributed by atoms with Crippen LogP contribution in [0.4, 0.5) is 5.69 Å². The summed E-state index contributed by atoms with van der Waals surface area (Å²) in [6.07, 6.45) is 0. The summed E-state index contributed by atoms with van der Waals surface area (Å²) < 4.78 is 11.0. The molecule has 1 aromatic rings. The van der Waals surface area contributed by atoms with E-state index in [0.717, 1.165) is 5.69 Å². The lowest BCUT2D eigenvalue weighted by molar-refractivity contribution is -0.118. The van der Waals surface area contributed by atoms with E-state index in [1.54, 1.807) is 0 Å². The molecule has 5 N–H and O–H groups in total. The fourth-order valence-electron chi connectivity index (χ4n) is 1.49. The molecule has 19 heavy (non-hydrogen) atoms. The van der Waals surface area contributed by atoms with Crippen molar-refractivity contribution in [3.8, 4) is 11.5 Å². The third-order valence-corrected chi connectivity index (χ3v) is 2.43. The van der Waals surface area contributed by atoms with Crippen molar-refractivity contribution >= 4 is 11.6 Å². The Hall–Kier alpha value is -1.95. The molecular formula is C13H21N3O3. The Morgan fingerprint density at radius 3 is 2.47 bits per heavy atom. The first-order chi connectivity index (χ1) is 9.08. The van der Waals surface area contributed by atoms with Crippen LogP contribution in [0, 0.1) is 0 Å². The predicted octanol–water partition coefficient (Wildman–Crippen LogP) is 0.709. The number of nitrogens with one attached hydrogen (secondary N) is 1. The number of hydrogen-bond donors (Lipinski definition) is 3. The van der Waals surface area contributed by atoms with Crippen LogP contribution < -0.4 is 26.3 Å². The summed E-state index contributed by atoms with van der Waals surface area (Å²) in [6.45, 7) is 5.20. The first-order valence-corrected chi connectivity index (χ1v) is 6.26. The summed E-state index contributed by atoms with van der Waals surface area (Å²) in [6, 6.07) is 4.73. The molecule has 0 heterocycles. The van der Waals surface area contributed by atoms with Crippen LogP contribution in [0.5, 0.6) is 11.5 Å². The van der Waals surface area contributed by atoms with Gasteiger partial charge < -0.3 is 26.3 Å². The van der Waals surface area contributed by atoms with Crippen LogP contribution >= 0.6 is 0 Å². The molecule has 0 bridgehead atoms. The number of amides is 1. The minimum Gasteiger partial charge on any atom is -0.490 e. The van der Waals surface area contributed by atoms with E-state index in [4.69, 9.17) is 20.9 Å². The monoisotopic (exact) mass is 267 g/mol. The van der Waals surface area contributed by atoms with E-state index >= 15 is 0 Å². The Labute approximate surface area is 113 Å². The minimum atomic E-state index is -0.720. The van der Waals surface area contributed by atoms with Gasteiger partial charge in [0.15, 0.2) is 11.5 Å². The van der Waals surface area contributed by atoms with Gasteiger partial charge in [0.2, 0.25) is 5.91 Å². The molecule has 0 saturated carbocycles.